The smallest absolute Gasteiger partial charge is 0.305 e. The number of aromatic nitrogens is 2. The molecule has 1 aliphatic heterocycles. The van der Waals surface area contributed by atoms with E-state index in [0.717, 1.165) is 0 Å². The molecule has 1 saturated heterocycles. The van der Waals surface area contributed by atoms with Crippen molar-refractivity contribution >= 4 is 41.0 Å². The molecule has 1 fully saturated rings. The van der Waals surface area contributed by atoms with Gasteiger partial charge in [0.05, 0.1) is 29.7 Å². The van der Waals surface area contributed by atoms with Crippen molar-refractivity contribution in [3.8, 4) is 0 Å². The molecule has 0 spiro atoms. The number of hydrogen-bond donors (Lipinski definition) is 3. The van der Waals surface area contributed by atoms with E-state index in [1.807, 2.05) is 6.07 Å². The number of nitrogens with zero attached hydrogens (tertiary/aromatic N) is 3. The van der Waals surface area contributed by atoms with Crippen molar-refractivity contribution in [2.75, 3.05) is 6.54 Å². The third kappa shape index (κ3) is 5.72. The normalized spacial score (nSPS) is 17.3. The number of aldehydes is 1. The topological polar surface area (TPSA) is 159 Å². The van der Waals surface area contributed by atoms with E-state index < -0.39 is 48.2 Å². The summed E-state index contributed by atoms with van der Waals surface area (Å²) < 4.78 is 0. The van der Waals surface area contributed by atoms with Crippen LogP contribution in [0.2, 0.25) is 0 Å². The highest BCUT2D eigenvalue weighted by molar-refractivity contribution is 5.98. The van der Waals surface area contributed by atoms with E-state index in [1.165, 1.54) is 11.1 Å². The minimum absolute atomic E-state index is 0.0651. The minimum Gasteiger partial charge on any atom is -0.481 e. The van der Waals surface area contributed by atoms with Crippen LogP contribution in [0.4, 0.5) is 0 Å². The summed E-state index contributed by atoms with van der Waals surface area (Å²) in [6.07, 6.45) is 2.07. The molecule has 34 heavy (non-hydrogen) atoms. The highest BCUT2D eigenvalue weighted by Crippen LogP contribution is 2.21. The number of aliphatic carboxylic acids is 1. The quantitative estimate of drug-likeness (QED) is 0.449. The first-order valence-corrected chi connectivity index (χ1v) is 11.0. The second-order valence-electron chi connectivity index (χ2n) is 8.48. The second kappa shape index (κ2) is 10.8. The first kappa shape index (κ1) is 24.7. The van der Waals surface area contributed by atoms with Gasteiger partial charge in [-0.05, 0) is 30.9 Å². The molecule has 0 saturated carbocycles. The molecular formula is C23H27N5O6. The lowest BCUT2D eigenvalue weighted by Crippen LogP contribution is -2.56. The lowest BCUT2D eigenvalue weighted by atomic mass is 10.0. The van der Waals surface area contributed by atoms with E-state index in [1.54, 1.807) is 32.0 Å². The number of para-hydroxylation sites is 2. The number of rotatable bonds is 9. The largest absolute Gasteiger partial charge is 0.481 e. The van der Waals surface area contributed by atoms with E-state index in [2.05, 4.69) is 20.6 Å². The predicted molar refractivity (Wildman–Crippen MR) is 121 cm³/mol. The standard InChI is InChI=1S/C23H27N5O6/c1-13(2)20(27-21(32)17-11-24-15-6-3-4-7-16(15)26-17)23(34)28-9-5-8-18(28)22(33)25-14(12-29)10-19(30)31/h3-4,6-7,11-14,18,20H,5,8-10H2,1-2H3,(H,25,33)(H,27,32)(H,30,31). The third-order valence-electron chi connectivity index (χ3n) is 5.63. The number of carboxylic acids is 1. The van der Waals surface area contributed by atoms with Gasteiger partial charge in [0.25, 0.3) is 5.91 Å². The van der Waals surface area contributed by atoms with Gasteiger partial charge < -0.3 is 25.4 Å². The number of fused-ring (bicyclic) bond motifs is 1. The lowest BCUT2D eigenvalue weighted by Gasteiger charge is -2.30. The lowest BCUT2D eigenvalue weighted by molar-refractivity contribution is -0.142. The van der Waals surface area contributed by atoms with E-state index in [4.69, 9.17) is 5.11 Å². The van der Waals surface area contributed by atoms with Gasteiger partial charge in [0, 0.05) is 6.54 Å². The maximum atomic E-state index is 13.3. The van der Waals surface area contributed by atoms with Crippen LogP contribution in [0.15, 0.2) is 30.5 Å². The second-order valence-corrected chi connectivity index (χ2v) is 8.48. The molecule has 3 rings (SSSR count). The maximum absolute atomic E-state index is 13.3. The van der Waals surface area contributed by atoms with Gasteiger partial charge in [-0.1, -0.05) is 26.0 Å². The Morgan fingerprint density at radius 1 is 1.18 bits per heavy atom. The third-order valence-corrected chi connectivity index (χ3v) is 5.63. The van der Waals surface area contributed by atoms with Crippen LogP contribution in [0.5, 0.6) is 0 Å². The van der Waals surface area contributed by atoms with Crippen molar-refractivity contribution in [3.05, 3.63) is 36.2 Å². The fraction of sp³-hybridized carbons (Fsp3) is 0.435. The van der Waals surface area contributed by atoms with Gasteiger partial charge >= 0.3 is 5.97 Å². The highest BCUT2D eigenvalue weighted by atomic mass is 16.4. The van der Waals surface area contributed by atoms with Gasteiger partial charge in [-0.25, -0.2) is 4.98 Å². The molecule has 3 unspecified atom stereocenters. The highest BCUT2D eigenvalue weighted by Gasteiger charge is 2.39. The Morgan fingerprint density at radius 3 is 2.53 bits per heavy atom. The SMILES string of the molecule is CC(C)C(NC(=O)c1cnc2ccccc2n1)C(=O)N1CCCC1C(=O)NC(C=O)CC(=O)O. The molecule has 0 radical (unpaired) electrons. The Kier molecular flexibility index (Phi) is 7.87. The Labute approximate surface area is 195 Å². The number of nitrogens with one attached hydrogen (secondary N) is 2. The van der Waals surface area contributed by atoms with Gasteiger partial charge in [-0.3, -0.25) is 24.2 Å². The molecule has 11 nitrogen and oxygen atoms in total. The maximum Gasteiger partial charge on any atom is 0.305 e. The molecule has 2 heterocycles. The van der Waals surface area contributed by atoms with Crippen molar-refractivity contribution in [3.63, 3.8) is 0 Å². The fourth-order valence-electron chi connectivity index (χ4n) is 3.88. The van der Waals surface area contributed by atoms with Crippen molar-refractivity contribution in [1.29, 1.82) is 0 Å². The molecular weight excluding hydrogens is 442 g/mol. The first-order chi connectivity index (χ1) is 16.2. The summed E-state index contributed by atoms with van der Waals surface area (Å²) in [6, 6.07) is 4.13. The number of carbonyl (C=O) groups excluding carboxylic acids is 4. The van der Waals surface area contributed by atoms with E-state index in [0.29, 0.717) is 36.7 Å². The van der Waals surface area contributed by atoms with Crippen LogP contribution in [-0.4, -0.2) is 74.6 Å². The molecule has 1 aromatic carbocycles. The van der Waals surface area contributed by atoms with Gasteiger partial charge in [-0.15, -0.1) is 0 Å². The summed E-state index contributed by atoms with van der Waals surface area (Å²) in [5, 5.41) is 14.0. The van der Waals surface area contributed by atoms with Crippen LogP contribution in [0.1, 0.15) is 43.6 Å². The summed E-state index contributed by atoms with van der Waals surface area (Å²) in [6.45, 7) is 3.85. The zero-order valence-electron chi connectivity index (χ0n) is 18.9. The molecule has 1 aromatic heterocycles. The van der Waals surface area contributed by atoms with Crippen LogP contribution in [-0.2, 0) is 19.2 Å². The number of hydrogen-bond acceptors (Lipinski definition) is 7. The number of carbonyl (C=O) groups is 5. The average molecular weight is 469 g/mol. The van der Waals surface area contributed by atoms with E-state index >= 15 is 0 Å². The summed E-state index contributed by atoms with van der Waals surface area (Å²) in [5.41, 5.74) is 1.25. The molecule has 1 aliphatic rings. The molecule has 3 atom stereocenters. The zero-order chi connectivity index (χ0) is 24.8. The summed E-state index contributed by atoms with van der Waals surface area (Å²) in [7, 11) is 0. The molecule has 2 aromatic rings. The van der Waals surface area contributed by atoms with Gasteiger partial charge in [0.1, 0.15) is 24.1 Å². The van der Waals surface area contributed by atoms with Crippen LogP contribution in [0.25, 0.3) is 11.0 Å². The number of carboxylic acid groups (broad SMARTS) is 1. The Balaban J connectivity index is 1.73. The number of amides is 3. The van der Waals surface area contributed by atoms with Crippen molar-refractivity contribution in [2.45, 2.75) is 51.2 Å². The van der Waals surface area contributed by atoms with Crippen molar-refractivity contribution in [1.82, 2.24) is 25.5 Å². The van der Waals surface area contributed by atoms with Crippen LogP contribution >= 0.6 is 0 Å². The molecule has 3 N–H and O–H groups in total. The van der Waals surface area contributed by atoms with Gasteiger partial charge in [-0.2, -0.15) is 0 Å². The molecule has 3 amide bonds. The minimum atomic E-state index is -1.23. The number of benzene rings is 1. The van der Waals surface area contributed by atoms with Crippen LogP contribution in [0.3, 0.4) is 0 Å². The van der Waals surface area contributed by atoms with Gasteiger partial charge in [0.2, 0.25) is 11.8 Å². The number of likely N-dealkylation sites (tertiary alicyclic amines) is 1. The molecule has 0 bridgehead atoms. The monoisotopic (exact) mass is 469 g/mol. The zero-order valence-corrected chi connectivity index (χ0v) is 18.9. The first-order valence-electron chi connectivity index (χ1n) is 11.0. The Bertz CT molecular complexity index is 1100. The van der Waals surface area contributed by atoms with Gasteiger partial charge in [0.15, 0.2) is 0 Å². The van der Waals surface area contributed by atoms with Crippen molar-refractivity contribution in [2.24, 2.45) is 5.92 Å². The van der Waals surface area contributed by atoms with Crippen LogP contribution < -0.4 is 10.6 Å². The summed E-state index contributed by atoms with van der Waals surface area (Å²) in [4.78, 5) is 70.8. The fourth-order valence-corrected chi connectivity index (χ4v) is 3.88. The van der Waals surface area contributed by atoms with E-state index in [9.17, 15) is 24.0 Å². The summed E-state index contributed by atoms with van der Waals surface area (Å²) >= 11 is 0. The van der Waals surface area contributed by atoms with Crippen LogP contribution in [0, 0.1) is 5.92 Å². The van der Waals surface area contributed by atoms with E-state index in [-0.39, 0.29) is 11.6 Å². The molecule has 180 valence electrons. The summed E-state index contributed by atoms with van der Waals surface area (Å²) in [5.74, 6) is -3.11. The Hall–Kier alpha value is -3.89. The predicted octanol–water partition coefficient (Wildman–Crippen LogP) is 0.534. The van der Waals surface area contributed by atoms with Crippen molar-refractivity contribution < 1.29 is 29.1 Å². The Morgan fingerprint density at radius 2 is 1.88 bits per heavy atom. The average Bonchev–Trinajstić information content (AvgIpc) is 3.31. The molecule has 0 aliphatic carbocycles. The molecule has 11 heteroatoms.